The molecule has 20 heavy (non-hydrogen) atoms. The Labute approximate surface area is 120 Å². The van der Waals surface area contributed by atoms with Crippen molar-refractivity contribution < 1.29 is 0 Å². The summed E-state index contributed by atoms with van der Waals surface area (Å²) in [7, 11) is 0. The lowest BCUT2D eigenvalue weighted by atomic mass is 10.1. The van der Waals surface area contributed by atoms with Crippen molar-refractivity contribution in [1.82, 2.24) is 4.98 Å². The summed E-state index contributed by atoms with van der Waals surface area (Å²) in [4.78, 5) is 9.31. The normalized spacial score (nSPS) is 15.5. The number of hydrogen-bond acceptors (Lipinski definition) is 3. The van der Waals surface area contributed by atoms with Gasteiger partial charge in [-0.05, 0) is 37.1 Å². The quantitative estimate of drug-likeness (QED) is 0.834. The second kappa shape index (κ2) is 5.53. The van der Waals surface area contributed by atoms with Gasteiger partial charge in [-0.2, -0.15) is 0 Å². The highest BCUT2D eigenvalue weighted by Gasteiger charge is 2.20. The van der Waals surface area contributed by atoms with Crippen LogP contribution < -0.4 is 9.80 Å². The summed E-state index contributed by atoms with van der Waals surface area (Å²) in [6.45, 7) is 8.58. The summed E-state index contributed by atoms with van der Waals surface area (Å²) in [5.41, 5.74) is 4.15. The standard InChI is InChI=1S/C17H21N3/c1-14-6-5-7-15(2)17(14)20-12-10-19(11-13-20)16-8-3-4-9-18-16/h3-9H,10-13H2,1-2H3. The van der Waals surface area contributed by atoms with Crippen LogP contribution in [0.3, 0.4) is 0 Å². The van der Waals surface area contributed by atoms with Gasteiger partial charge in [-0.25, -0.2) is 4.98 Å². The van der Waals surface area contributed by atoms with Crippen molar-refractivity contribution in [2.75, 3.05) is 36.0 Å². The third-order valence-electron chi connectivity index (χ3n) is 4.01. The predicted molar refractivity (Wildman–Crippen MR) is 84.6 cm³/mol. The Morgan fingerprint density at radius 3 is 2.05 bits per heavy atom. The summed E-state index contributed by atoms with van der Waals surface area (Å²) >= 11 is 0. The van der Waals surface area contributed by atoms with Crippen LogP contribution in [0.15, 0.2) is 42.6 Å². The largest absolute Gasteiger partial charge is 0.368 e. The second-order valence-corrected chi connectivity index (χ2v) is 5.40. The van der Waals surface area contributed by atoms with Crippen LogP contribution in [0.25, 0.3) is 0 Å². The van der Waals surface area contributed by atoms with Crippen LogP contribution >= 0.6 is 0 Å². The Morgan fingerprint density at radius 1 is 0.800 bits per heavy atom. The van der Waals surface area contributed by atoms with E-state index in [-0.39, 0.29) is 0 Å². The summed E-state index contributed by atoms with van der Waals surface area (Å²) in [5, 5.41) is 0. The van der Waals surface area contributed by atoms with Gasteiger partial charge in [0.25, 0.3) is 0 Å². The number of para-hydroxylation sites is 1. The molecule has 0 unspecified atom stereocenters. The molecule has 1 aliphatic heterocycles. The average Bonchev–Trinajstić information content (AvgIpc) is 2.49. The van der Waals surface area contributed by atoms with Crippen molar-refractivity contribution in [2.45, 2.75) is 13.8 Å². The summed E-state index contributed by atoms with van der Waals surface area (Å²) in [6, 6.07) is 12.7. The van der Waals surface area contributed by atoms with Crippen molar-refractivity contribution >= 4 is 11.5 Å². The summed E-state index contributed by atoms with van der Waals surface area (Å²) < 4.78 is 0. The molecule has 0 spiro atoms. The molecule has 1 aromatic heterocycles. The lowest BCUT2D eigenvalue weighted by Crippen LogP contribution is -2.47. The molecule has 3 nitrogen and oxygen atoms in total. The number of aryl methyl sites for hydroxylation is 2. The van der Waals surface area contributed by atoms with E-state index in [4.69, 9.17) is 0 Å². The number of pyridine rings is 1. The van der Waals surface area contributed by atoms with E-state index >= 15 is 0 Å². The van der Waals surface area contributed by atoms with Crippen LogP contribution in [0.4, 0.5) is 11.5 Å². The lowest BCUT2D eigenvalue weighted by molar-refractivity contribution is 0.645. The number of aromatic nitrogens is 1. The van der Waals surface area contributed by atoms with Gasteiger partial charge in [0.05, 0.1) is 0 Å². The zero-order valence-corrected chi connectivity index (χ0v) is 12.2. The van der Waals surface area contributed by atoms with Gasteiger partial charge in [0.2, 0.25) is 0 Å². The molecule has 0 radical (unpaired) electrons. The molecule has 0 N–H and O–H groups in total. The first kappa shape index (κ1) is 13.0. The molecule has 0 saturated carbocycles. The zero-order chi connectivity index (χ0) is 13.9. The average molecular weight is 267 g/mol. The molecule has 2 aromatic rings. The Morgan fingerprint density at radius 2 is 1.45 bits per heavy atom. The predicted octanol–water partition coefficient (Wildman–Crippen LogP) is 3.03. The van der Waals surface area contributed by atoms with Gasteiger partial charge in [0.15, 0.2) is 0 Å². The molecule has 1 aromatic carbocycles. The van der Waals surface area contributed by atoms with Crippen molar-refractivity contribution in [2.24, 2.45) is 0 Å². The summed E-state index contributed by atoms with van der Waals surface area (Å²) in [6.07, 6.45) is 1.87. The number of hydrogen-bond donors (Lipinski definition) is 0. The van der Waals surface area contributed by atoms with E-state index in [2.05, 4.69) is 59.0 Å². The SMILES string of the molecule is Cc1cccc(C)c1N1CCN(c2ccccn2)CC1. The minimum absolute atomic E-state index is 1.03. The smallest absolute Gasteiger partial charge is 0.128 e. The Kier molecular flexibility index (Phi) is 3.59. The van der Waals surface area contributed by atoms with Crippen LogP contribution in [0.1, 0.15) is 11.1 Å². The highest BCUT2D eigenvalue weighted by atomic mass is 15.3. The second-order valence-electron chi connectivity index (χ2n) is 5.40. The molecule has 1 fully saturated rings. The maximum Gasteiger partial charge on any atom is 0.128 e. The zero-order valence-electron chi connectivity index (χ0n) is 12.2. The molecule has 3 heteroatoms. The van der Waals surface area contributed by atoms with Gasteiger partial charge in [0.1, 0.15) is 5.82 Å². The summed E-state index contributed by atoms with van der Waals surface area (Å²) in [5.74, 6) is 1.09. The van der Waals surface area contributed by atoms with Crippen LogP contribution in [0.2, 0.25) is 0 Å². The molecular formula is C17H21N3. The topological polar surface area (TPSA) is 19.4 Å². The first-order valence-electron chi connectivity index (χ1n) is 7.23. The van der Waals surface area contributed by atoms with E-state index in [0.29, 0.717) is 0 Å². The van der Waals surface area contributed by atoms with E-state index in [9.17, 15) is 0 Å². The number of nitrogens with zero attached hydrogens (tertiary/aromatic N) is 3. The number of benzene rings is 1. The van der Waals surface area contributed by atoms with Crippen LogP contribution in [0.5, 0.6) is 0 Å². The van der Waals surface area contributed by atoms with Crippen molar-refractivity contribution in [3.8, 4) is 0 Å². The van der Waals surface area contributed by atoms with Gasteiger partial charge in [-0.1, -0.05) is 24.3 Å². The van der Waals surface area contributed by atoms with Crippen LogP contribution in [0, 0.1) is 13.8 Å². The van der Waals surface area contributed by atoms with Crippen molar-refractivity contribution in [3.63, 3.8) is 0 Å². The first-order valence-corrected chi connectivity index (χ1v) is 7.23. The van der Waals surface area contributed by atoms with Gasteiger partial charge in [-0.3, -0.25) is 0 Å². The van der Waals surface area contributed by atoms with Crippen molar-refractivity contribution in [3.05, 3.63) is 53.7 Å². The molecule has 1 saturated heterocycles. The van der Waals surface area contributed by atoms with Crippen molar-refractivity contribution in [1.29, 1.82) is 0 Å². The molecular weight excluding hydrogens is 246 g/mol. The highest BCUT2D eigenvalue weighted by Crippen LogP contribution is 2.26. The fourth-order valence-corrected chi connectivity index (χ4v) is 3.00. The molecule has 0 aliphatic carbocycles. The minimum atomic E-state index is 1.03. The van der Waals surface area contributed by atoms with Gasteiger partial charge in [0, 0.05) is 38.1 Å². The minimum Gasteiger partial charge on any atom is -0.368 e. The Bertz CT molecular complexity index is 552. The molecule has 3 rings (SSSR count). The molecule has 104 valence electrons. The lowest BCUT2D eigenvalue weighted by Gasteiger charge is -2.38. The Balaban J connectivity index is 1.73. The number of rotatable bonds is 2. The highest BCUT2D eigenvalue weighted by molar-refractivity contribution is 5.60. The third kappa shape index (κ3) is 2.48. The van der Waals surface area contributed by atoms with Gasteiger partial charge >= 0.3 is 0 Å². The van der Waals surface area contributed by atoms with Crippen LogP contribution in [-0.2, 0) is 0 Å². The van der Waals surface area contributed by atoms with E-state index in [1.807, 2.05) is 12.3 Å². The molecule has 1 aliphatic rings. The fourth-order valence-electron chi connectivity index (χ4n) is 3.00. The molecule has 0 amide bonds. The van der Waals surface area contributed by atoms with E-state index < -0.39 is 0 Å². The van der Waals surface area contributed by atoms with Gasteiger partial charge in [-0.15, -0.1) is 0 Å². The molecule has 2 heterocycles. The maximum atomic E-state index is 4.44. The molecule has 0 bridgehead atoms. The number of piperazine rings is 1. The first-order chi connectivity index (χ1) is 9.75. The van der Waals surface area contributed by atoms with Gasteiger partial charge < -0.3 is 9.80 Å². The molecule has 0 atom stereocenters. The maximum absolute atomic E-state index is 4.44. The fraction of sp³-hybridized carbons (Fsp3) is 0.353. The van der Waals surface area contributed by atoms with E-state index in [0.717, 1.165) is 32.0 Å². The number of anilines is 2. The third-order valence-corrected chi connectivity index (χ3v) is 4.01. The van der Waals surface area contributed by atoms with E-state index in [1.165, 1.54) is 16.8 Å². The van der Waals surface area contributed by atoms with E-state index in [1.54, 1.807) is 0 Å². The van der Waals surface area contributed by atoms with Crippen LogP contribution in [-0.4, -0.2) is 31.2 Å². The monoisotopic (exact) mass is 267 g/mol. The Hall–Kier alpha value is -2.03.